The molecule has 5 nitrogen and oxygen atoms in total. The first-order valence-corrected chi connectivity index (χ1v) is 6.89. The zero-order valence-corrected chi connectivity index (χ0v) is 12.6. The van der Waals surface area contributed by atoms with Gasteiger partial charge in [0.05, 0.1) is 7.11 Å². The molecule has 0 unspecified atom stereocenters. The van der Waals surface area contributed by atoms with E-state index in [2.05, 4.69) is 12.2 Å². The zero-order valence-electron chi connectivity index (χ0n) is 12.6. The number of carbonyl (C=O) groups is 2. The third-order valence-corrected chi connectivity index (χ3v) is 2.70. The van der Waals surface area contributed by atoms with Gasteiger partial charge in [0.2, 0.25) is 5.91 Å². The van der Waals surface area contributed by atoms with Crippen LogP contribution >= 0.6 is 0 Å². The van der Waals surface area contributed by atoms with Gasteiger partial charge in [0, 0.05) is 19.5 Å². The molecule has 1 N–H and O–H groups in total. The van der Waals surface area contributed by atoms with Crippen molar-refractivity contribution < 1.29 is 19.1 Å². The second-order valence-electron chi connectivity index (χ2n) is 4.48. The monoisotopic (exact) mass is 291 g/mol. The minimum Gasteiger partial charge on any atom is -0.493 e. The Bertz CT molecular complexity index is 523. The Morgan fingerprint density at radius 1 is 1.29 bits per heavy atom. The molecule has 1 rings (SSSR count). The number of methoxy groups -OCH3 is 1. The van der Waals surface area contributed by atoms with Crippen LogP contribution in [0.2, 0.25) is 0 Å². The highest BCUT2D eigenvalue weighted by atomic mass is 16.6. The molecule has 0 heterocycles. The van der Waals surface area contributed by atoms with Gasteiger partial charge < -0.3 is 14.8 Å². The Balaban J connectivity index is 2.71. The number of nitrogens with one attached hydrogen (secondary N) is 1. The number of unbranched alkanes of at least 4 members (excludes halogenated alkanes) is 1. The summed E-state index contributed by atoms with van der Waals surface area (Å²) in [5, 5.41) is 2.79. The second-order valence-corrected chi connectivity index (χ2v) is 4.48. The fraction of sp³-hybridized carbons (Fsp3) is 0.375. The Morgan fingerprint density at radius 3 is 2.67 bits per heavy atom. The van der Waals surface area contributed by atoms with Gasteiger partial charge in [-0.1, -0.05) is 19.4 Å². The molecule has 0 spiro atoms. The van der Waals surface area contributed by atoms with E-state index >= 15 is 0 Å². The summed E-state index contributed by atoms with van der Waals surface area (Å²) in [5.41, 5.74) is 0.786. The van der Waals surface area contributed by atoms with Crippen LogP contribution in [-0.4, -0.2) is 25.5 Å². The van der Waals surface area contributed by atoms with E-state index in [4.69, 9.17) is 9.47 Å². The third-order valence-electron chi connectivity index (χ3n) is 2.70. The minimum absolute atomic E-state index is 0.133. The van der Waals surface area contributed by atoms with Gasteiger partial charge in [0.25, 0.3) is 0 Å². The van der Waals surface area contributed by atoms with Crippen molar-refractivity contribution in [2.24, 2.45) is 0 Å². The smallest absolute Gasteiger partial charge is 0.308 e. The number of carbonyl (C=O) groups excluding carboxylic acids is 2. The molecule has 0 fully saturated rings. The molecule has 0 bridgehead atoms. The lowest BCUT2D eigenvalue weighted by Crippen LogP contribution is -2.21. The van der Waals surface area contributed by atoms with E-state index in [0.717, 1.165) is 18.4 Å². The summed E-state index contributed by atoms with van der Waals surface area (Å²) < 4.78 is 10.2. The fourth-order valence-corrected chi connectivity index (χ4v) is 1.65. The maximum Gasteiger partial charge on any atom is 0.308 e. The molecule has 0 atom stereocenters. The van der Waals surface area contributed by atoms with Crippen molar-refractivity contribution in [1.82, 2.24) is 5.32 Å². The van der Waals surface area contributed by atoms with E-state index in [1.54, 1.807) is 24.3 Å². The van der Waals surface area contributed by atoms with Crippen molar-refractivity contribution in [2.45, 2.75) is 26.7 Å². The number of hydrogen-bond donors (Lipinski definition) is 1. The molecule has 0 saturated carbocycles. The van der Waals surface area contributed by atoms with E-state index in [1.165, 1.54) is 20.1 Å². The third kappa shape index (κ3) is 6.12. The Hall–Kier alpha value is -2.30. The van der Waals surface area contributed by atoms with Crippen molar-refractivity contribution in [3.05, 3.63) is 29.8 Å². The van der Waals surface area contributed by atoms with Crippen LogP contribution in [0.25, 0.3) is 6.08 Å². The van der Waals surface area contributed by atoms with Crippen molar-refractivity contribution in [3.8, 4) is 11.5 Å². The Morgan fingerprint density at radius 2 is 2.05 bits per heavy atom. The highest BCUT2D eigenvalue weighted by Crippen LogP contribution is 2.28. The summed E-state index contributed by atoms with van der Waals surface area (Å²) in [6.07, 6.45) is 5.15. The molecule has 0 saturated heterocycles. The molecule has 114 valence electrons. The van der Waals surface area contributed by atoms with Crippen LogP contribution < -0.4 is 14.8 Å². The van der Waals surface area contributed by atoms with Gasteiger partial charge in [0.15, 0.2) is 11.5 Å². The lowest BCUT2D eigenvalue weighted by molar-refractivity contribution is -0.132. The number of amides is 1. The lowest BCUT2D eigenvalue weighted by Gasteiger charge is -2.08. The summed E-state index contributed by atoms with van der Waals surface area (Å²) in [6.45, 7) is 4.07. The summed E-state index contributed by atoms with van der Waals surface area (Å²) in [5.74, 6) is 0.256. The van der Waals surface area contributed by atoms with Crippen molar-refractivity contribution in [1.29, 1.82) is 0 Å². The molecule has 0 aliphatic rings. The fourth-order valence-electron chi connectivity index (χ4n) is 1.65. The number of ether oxygens (including phenoxy) is 2. The largest absolute Gasteiger partial charge is 0.493 e. The summed E-state index contributed by atoms with van der Waals surface area (Å²) >= 11 is 0. The van der Waals surface area contributed by atoms with Gasteiger partial charge >= 0.3 is 5.97 Å². The maximum atomic E-state index is 11.6. The number of rotatable bonds is 7. The van der Waals surface area contributed by atoms with Crippen LogP contribution in [0.3, 0.4) is 0 Å². The SMILES string of the molecule is CCCCNC(=O)C=Cc1ccc(OC(C)=O)c(OC)c1. The first-order valence-electron chi connectivity index (χ1n) is 6.89. The molecule has 0 aliphatic heterocycles. The molecule has 1 amide bonds. The number of hydrogen-bond acceptors (Lipinski definition) is 4. The van der Waals surface area contributed by atoms with E-state index in [-0.39, 0.29) is 5.91 Å². The average molecular weight is 291 g/mol. The maximum absolute atomic E-state index is 11.6. The van der Waals surface area contributed by atoms with Crippen molar-refractivity contribution in [3.63, 3.8) is 0 Å². The summed E-state index contributed by atoms with van der Waals surface area (Å²) in [6, 6.07) is 5.08. The predicted octanol–water partition coefficient (Wildman–Crippen LogP) is 2.55. The van der Waals surface area contributed by atoms with Crippen LogP contribution in [0.1, 0.15) is 32.3 Å². The molecule has 0 aromatic heterocycles. The Labute approximate surface area is 124 Å². The molecular formula is C16H21NO4. The van der Waals surface area contributed by atoms with E-state index in [0.29, 0.717) is 18.0 Å². The standard InChI is InChI=1S/C16H21NO4/c1-4-5-10-17-16(19)9-7-13-6-8-14(21-12(2)18)15(11-13)20-3/h6-9,11H,4-5,10H2,1-3H3,(H,17,19). The van der Waals surface area contributed by atoms with Gasteiger partial charge in [-0.2, -0.15) is 0 Å². The summed E-state index contributed by atoms with van der Waals surface area (Å²) in [7, 11) is 1.49. The topological polar surface area (TPSA) is 64.6 Å². The van der Waals surface area contributed by atoms with Crippen LogP contribution in [0.15, 0.2) is 24.3 Å². The minimum atomic E-state index is -0.410. The van der Waals surface area contributed by atoms with Gasteiger partial charge in [-0.15, -0.1) is 0 Å². The normalized spacial score (nSPS) is 10.4. The van der Waals surface area contributed by atoms with Gasteiger partial charge in [-0.05, 0) is 30.2 Å². The highest BCUT2D eigenvalue weighted by molar-refractivity contribution is 5.91. The van der Waals surface area contributed by atoms with Crippen LogP contribution in [0.5, 0.6) is 11.5 Å². The van der Waals surface area contributed by atoms with E-state index in [1.807, 2.05) is 0 Å². The number of benzene rings is 1. The van der Waals surface area contributed by atoms with Gasteiger partial charge in [-0.25, -0.2) is 0 Å². The molecule has 21 heavy (non-hydrogen) atoms. The van der Waals surface area contributed by atoms with Gasteiger partial charge in [-0.3, -0.25) is 9.59 Å². The molecule has 0 radical (unpaired) electrons. The molecule has 1 aromatic carbocycles. The van der Waals surface area contributed by atoms with E-state index < -0.39 is 5.97 Å². The predicted molar refractivity (Wildman–Crippen MR) is 81.3 cm³/mol. The van der Waals surface area contributed by atoms with Crippen molar-refractivity contribution >= 4 is 18.0 Å². The second kappa shape index (κ2) is 8.79. The van der Waals surface area contributed by atoms with E-state index in [9.17, 15) is 9.59 Å². The van der Waals surface area contributed by atoms with Crippen molar-refractivity contribution in [2.75, 3.05) is 13.7 Å². The first-order chi connectivity index (χ1) is 10.1. The molecular weight excluding hydrogens is 270 g/mol. The highest BCUT2D eigenvalue weighted by Gasteiger charge is 2.07. The zero-order chi connectivity index (χ0) is 15.7. The Kier molecular flexibility index (Phi) is 7.01. The quantitative estimate of drug-likeness (QED) is 0.363. The lowest BCUT2D eigenvalue weighted by atomic mass is 10.2. The summed E-state index contributed by atoms with van der Waals surface area (Å²) in [4.78, 5) is 22.5. The average Bonchev–Trinajstić information content (AvgIpc) is 2.46. The molecule has 0 aliphatic carbocycles. The van der Waals surface area contributed by atoms with Crippen LogP contribution in [-0.2, 0) is 9.59 Å². The van der Waals surface area contributed by atoms with Crippen LogP contribution in [0, 0.1) is 0 Å². The van der Waals surface area contributed by atoms with Crippen LogP contribution in [0.4, 0.5) is 0 Å². The van der Waals surface area contributed by atoms with Gasteiger partial charge in [0.1, 0.15) is 0 Å². The number of esters is 1. The molecule has 1 aromatic rings. The first kappa shape index (κ1) is 16.8. The molecule has 5 heteroatoms.